The topological polar surface area (TPSA) is 20.2 Å². The Balaban J connectivity index is 0. The normalized spacial score (nSPS) is 6.43. The molecule has 45 valence electrons. The predicted octanol–water partition coefficient (Wildman–Crippen LogP) is 1.26. The summed E-state index contributed by atoms with van der Waals surface area (Å²) in [6.45, 7) is 1.93. The van der Waals surface area contributed by atoms with Gasteiger partial charge in [0.2, 0.25) is 0 Å². The van der Waals surface area contributed by atoms with Crippen molar-refractivity contribution >= 4 is 0 Å². The van der Waals surface area contributed by atoms with Crippen LogP contribution in [-0.2, 0) is 19.5 Å². The molecule has 0 heterocycles. The van der Waals surface area contributed by atoms with E-state index in [1.807, 2.05) is 0 Å². The molecule has 0 saturated carbocycles. The molecule has 0 saturated heterocycles. The van der Waals surface area contributed by atoms with Crippen molar-refractivity contribution in [1.29, 1.82) is 0 Å². The van der Waals surface area contributed by atoms with Crippen LogP contribution in [0, 0.1) is 0 Å². The number of hydrogen-bond donors (Lipinski definition) is 1. The molecule has 0 aliphatic carbocycles. The van der Waals surface area contributed by atoms with E-state index in [-0.39, 0.29) is 6.61 Å². The fraction of sp³-hybridized carbons (Fsp3) is 1.00. The van der Waals surface area contributed by atoms with E-state index in [1.54, 1.807) is 6.92 Å². The second-order valence-electron chi connectivity index (χ2n) is 0.531. The molecule has 1 N–H and O–H groups in total. The average Bonchev–Trinajstić information content (AvgIpc) is 1.33. The summed E-state index contributed by atoms with van der Waals surface area (Å²) in [6, 6.07) is 0. The summed E-state index contributed by atoms with van der Waals surface area (Å²) < 4.78 is 29.5. The summed E-state index contributed by atoms with van der Waals surface area (Å²) in [5.41, 5.74) is 0. The van der Waals surface area contributed by atoms with Gasteiger partial charge in [0.15, 0.2) is 0 Å². The van der Waals surface area contributed by atoms with Gasteiger partial charge in [-0.15, -0.1) is 0 Å². The zero-order chi connectivity index (χ0) is 6.28. The van der Waals surface area contributed by atoms with E-state index in [0.717, 1.165) is 0 Å². The summed E-state index contributed by atoms with van der Waals surface area (Å²) in [7, 11) is 0. The third kappa shape index (κ3) is 598. The van der Waals surface area contributed by atoms with Gasteiger partial charge in [0.05, 0.1) is 0 Å². The van der Waals surface area contributed by atoms with Gasteiger partial charge in [0, 0.05) is 6.61 Å². The monoisotopic (exact) mass is 151 g/mol. The molecule has 0 bridgehead atoms. The van der Waals surface area contributed by atoms with Crippen LogP contribution < -0.4 is 0 Å². The Labute approximate surface area is 48.0 Å². The van der Waals surface area contributed by atoms with Crippen LogP contribution in [-0.4, -0.2) is 11.7 Å². The zero-order valence-corrected chi connectivity index (χ0v) is 5.35. The zero-order valence-electron chi connectivity index (χ0n) is 3.79. The van der Waals surface area contributed by atoms with Crippen molar-refractivity contribution in [2.45, 2.75) is 6.92 Å². The average molecular weight is 151 g/mol. The fourth-order valence-electron chi connectivity index (χ4n) is 0. The number of hydrogen-bond acceptors (Lipinski definition) is 1. The van der Waals surface area contributed by atoms with Crippen LogP contribution in [0.15, 0.2) is 0 Å². The molecule has 0 aromatic carbocycles. The van der Waals surface area contributed by atoms with E-state index in [1.165, 1.54) is 0 Å². The van der Waals surface area contributed by atoms with Gasteiger partial charge in [-0.3, -0.25) is 0 Å². The number of aliphatic hydroxyl groups excluding tert-OH is 1. The van der Waals surface area contributed by atoms with Crippen LogP contribution >= 0.6 is 0 Å². The second-order valence-corrected chi connectivity index (χ2v) is 1.20. The number of aliphatic hydroxyl groups is 1. The van der Waals surface area contributed by atoms with E-state index in [2.05, 4.69) is 0 Å². The van der Waals surface area contributed by atoms with E-state index in [0.29, 0.717) is 0 Å². The molecule has 0 amide bonds. The second kappa shape index (κ2) is 9.68. The fourth-order valence-corrected chi connectivity index (χ4v) is 0. The Morgan fingerprint density at radius 2 is 1.43 bits per heavy atom. The van der Waals surface area contributed by atoms with Crippen molar-refractivity contribution < 1.29 is 33.9 Å². The summed E-state index contributed by atoms with van der Waals surface area (Å²) >= 11 is -4.83. The van der Waals surface area contributed by atoms with Gasteiger partial charge in [0.25, 0.3) is 0 Å². The minimum absolute atomic E-state index is 0.250. The molecular formula is C2H6F3OTi. The van der Waals surface area contributed by atoms with E-state index >= 15 is 0 Å². The molecule has 0 aliphatic rings. The molecule has 0 aliphatic heterocycles. The van der Waals surface area contributed by atoms with Gasteiger partial charge in [-0.25, -0.2) is 0 Å². The van der Waals surface area contributed by atoms with Crippen LogP contribution in [0.5, 0.6) is 0 Å². The first kappa shape index (κ1) is 10.4. The molecule has 5 heteroatoms. The molecule has 0 rings (SSSR count). The molecule has 7 heavy (non-hydrogen) atoms. The third-order valence-electron chi connectivity index (χ3n) is 0. The Bertz CT molecular complexity index is 24.1. The quantitative estimate of drug-likeness (QED) is 0.516. The Hall–Kier alpha value is 0.464. The number of halogens is 3. The van der Waals surface area contributed by atoms with Crippen molar-refractivity contribution in [3.05, 3.63) is 0 Å². The summed E-state index contributed by atoms with van der Waals surface area (Å²) in [5, 5.41) is 7.57. The molecule has 0 spiro atoms. The molecule has 1 nitrogen and oxygen atoms in total. The van der Waals surface area contributed by atoms with Gasteiger partial charge in [0.1, 0.15) is 0 Å². The van der Waals surface area contributed by atoms with Gasteiger partial charge >= 0.3 is 28.8 Å². The van der Waals surface area contributed by atoms with Crippen LogP contribution in [0.1, 0.15) is 6.92 Å². The van der Waals surface area contributed by atoms with Gasteiger partial charge < -0.3 is 5.11 Å². The summed E-state index contributed by atoms with van der Waals surface area (Å²) in [5.74, 6) is 0. The van der Waals surface area contributed by atoms with Gasteiger partial charge in [-0.2, -0.15) is 0 Å². The van der Waals surface area contributed by atoms with Crippen molar-refractivity contribution in [2.75, 3.05) is 6.61 Å². The van der Waals surface area contributed by atoms with Crippen molar-refractivity contribution in [3.63, 3.8) is 0 Å². The summed E-state index contributed by atoms with van der Waals surface area (Å²) in [6.07, 6.45) is 0. The van der Waals surface area contributed by atoms with Crippen LogP contribution in [0.4, 0.5) is 9.28 Å². The predicted molar refractivity (Wildman–Crippen MR) is 16.1 cm³/mol. The van der Waals surface area contributed by atoms with Crippen LogP contribution in [0.2, 0.25) is 0 Å². The van der Waals surface area contributed by atoms with Gasteiger partial charge in [-0.05, 0) is 6.92 Å². The van der Waals surface area contributed by atoms with Crippen molar-refractivity contribution in [3.8, 4) is 0 Å². The molecule has 0 radical (unpaired) electrons. The molecule has 0 aromatic rings. The molecule has 0 unspecified atom stereocenters. The SMILES string of the molecule is CCO.[F][Ti]([F])[F]. The van der Waals surface area contributed by atoms with Gasteiger partial charge in [-0.1, -0.05) is 0 Å². The van der Waals surface area contributed by atoms with E-state index in [4.69, 9.17) is 5.11 Å². The standard InChI is InChI=1S/C2H6O.3FH.Ti/c1-2-3;;;;/h3H,2H2,1H3;3*1H;/q;;;;+3/p-3. The maximum atomic E-state index is 9.83. The molecule has 0 fully saturated rings. The van der Waals surface area contributed by atoms with Crippen LogP contribution in [0.3, 0.4) is 0 Å². The first-order chi connectivity index (χ1) is 3.15. The van der Waals surface area contributed by atoms with Crippen LogP contribution in [0.25, 0.3) is 0 Å². The number of rotatable bonds is 0. The Kier molecular flexibility index (Phi) is 14.5. The summed E-state index contributed by atoms with van der Waals surface area (Å²) in [4.78, 5) is 0. The molecular weight excluding hydrogens is 145 g/mol. The minimum atomic E-state index is -4.83. The third-order valence-corrected chi connectivity index (χ3v) is 0. The molecule has 0 aromatic heterocycles. The molecule has 0 atom stereocenters. The van der Waals surface area contributed by atoms with E-state index in [9.17, 15) is 9.28 Å². The first-order valence-electron chi connectivity index (χ1n) is 1.59. The maximum absolute atomic E-state index is 9.83. The van der Waals surface area contributed by atoms with Crippen molar-refractivity contribution in [1.82, 2.24) is 0 Å². The first-order valence-corrected chi connectivity index (χ1v) is 3.36. The van der Waals surface area contributed by atoms with Crippen molar-refractivity contribution in [2.24, 2.45) is 0 Å². The Morgan fingerprint density at radius 1 is 1.43 bits per heavy atom. The Morgan fingerprint density at radius 3 is 1.43 bits per heavy atom. The van der Waals surface area contributed by atoms with E-state index < -0.39 is 19.5 Å².